The monoisotopic (exact) mass is 224 g/mol. The van der Waals surface area contributed by atoms with Crippen LogP contribution in [0.15, 0.2) is 18.5 Å². The Kier molecular flexibility index (Phi) is 6.64. The first-order valence-corrected chi connectivity index (χ1v) is 5.47. The maximum atomic E-state index is 4.95. The molecule has 0 radical (unpaired) electrons. The largest absolute Gasteiger partial charge is 0.383 e. The van der Waals surface area contributed by atoms with Gasteiger partial charge in [0, 0.05) is 39.1 Å². The van der Waals surface area contributed by atoms with E-state index < -0.39 is 0 Å². The minimum Gasteiger partial charge on any atom is -0.383 e. The maximum absolute atomic E-state index is 4.95. The van der Waals surface area contributed by atoms with Crippen LogP contribution < -0.4 is 5.32 Å². The molecule has 5 nitrogen and oxygen atoms in total. The van der Waals surface area contributed by atoms with Crippen LogP contribution in [-0.4, -0.2) is 55.3 Å². The van der Waals surface area contributed by atoms with Gasteiger partial charge in [-0.15, -0.1) is 0 Å². The average molecular weight is 224 g/mol. The van der Waals surface area contributed by atoms with Crippen LogP contribution in [0.5, 0.6) is 0 Å². The molecule has 1 aromatic rings. The third kappa shape index (κ3) is 5.75. The van der Waals surface area contributed by atoms with Crippen molar-refractivity contribution in [3.63, 3.8) is 0 Å². The number of nitrogens with one attached hydrogen (secondary N) is 1. The number of methoxy groups -OCH3 is 1. The first-order chi connectivity index (χ1) is 7.83. The molecule has 16 heavy (non-hydrogen) atoms. The van der Waals surface area contributed by atoms with Gasteiger partial charge in [-0.1, -0.05) is 0 Å². The summed E-state index contributed by atoms with van der Waals surface area (Å²) in [6.07, 6.45) is 3.54. The lowest BCUT2D eigenvalue weighted by Crippen LogP contribution is -2.31. The predicted molar refractivity (Wildman–Crippen MR) is 63.1 cm³/mol. The van der Waals surface area contributed by atoms with E-state index in [2.05, 4.69) is 27.2 Å². The lowest BCUT2D eigenvalue weighted by atomic mass is 10.4. The Morgan fingerprint density at radius 3 is 2.75 bits per heavy atom. The summed E-state index contributed by atoms with van der Waals surface area (Å²) in [5, 5.41) is 3.30. The fraction of sp³-hybridized carbons (Fsp3) is 0.636. The normalized spacial score (nSPS) is 10.9. The van der Waals surface area contributed by atoms with Crippen LogP contribution in [0.1, 0.15) is 5.82 Å². The van der Waals surface area contributed by atoms with E-state index in [0.29, 0.717) is 0 Å². The maximum Gasteiger partial charge on any atom is 0.142 e. The van der Waals surface area contributed by atoms with Crippen molar-refractivity contribution in [2.45, 2.75) is 6.54 Å². The van der Waals surface area contributed by atoms with Crippen molar-refractivity contribution in [2.75, 3.05) is 40.4 Å². The molecule has 1 N–H and O–H groups in total. The summed E-state index contributed by atoms with van der Waals surface area (Å²) in [6.45, 7) is 4.36. The Bertz CT molecular complexity index is 268. The van der Waals surface area contributed by atoms with Crippen molar-refractivity contribution >= 4 is 0 Å². The minimum absolute atomic E-state index is 0.755. The molecule has 0 saturated carbocycles. The summed E-state index contributed by atoms with van der Waals surface area (Å²) in [6, 6.07) is 1.83. The standard InChI is InChI=1S/C11H20N4O/c1-15(8-6-12-7-9-16-2)10-11-13-4-3-5-14-11/h3-5,12H,6-10H2,1-2H3. The first-order valence-electron chi connectivity index (χ1n) is 5.47. The molecule has 0 aliphatic heterocycles. The summed E-state index contributed by atoms with van der Waals surface area (Å²) in [7, 11) is 3.77. The van der Waals surface area contributed by atoms with Crippen LogP contribution >= 0.6 is 0 Å². The van der Waals surface area contributed by atoms with Gasteiger partial charge < -0.3 is 10.1 Å². The van der Waals surface area contributed by atoms with Gasteiger partial charge in [-0.3, -0.25) is 4.90 Å². The van der Waals surface area contributed by atoms with Crippen molar-refractivity contribution in [3.8, 4) is 0 Å². The minimum atomic E-state index is 0.755. The second-order valence-electron chi connectivity index (χ2n) is 3.65. The molecule has 0 atom stereocenters. The lowest BCUT2D eigenvalue weighted by molar-refractivity contribution is 0.197. The fourth-order valence-electron chi connectivity index (χ4n) is 1.30. The number of ether oxygens (including phenoxy) is 1. The van der Waals surface area contributed by atoms with Crippen molar-refractivity contribution < 1.29 is 4.74 Å². The van der Waals surface area contributed by atoms with E-state index >= 15 is 0 Å². The van der Waals surface area contributed by atoms with E-state index in [-0.39, 0.29) is 0 Å². The van der Waals surface area contributed by atoms with Gasteiger partial charge >= 0.3 is 0 Å². The second-order valence-corrected chi connectivity index (χ2v) is 3.65. The molecule has 1 aromatic heterocycles. The van der Waals surface area contributed by atoms with Gasteiger partial charge in [0.2, 0.25) is 0 Å². The molecule has 0 aliphatic rings. The van der Waals surface area contributed by atoms with Gasteiger partial charge in [0.1, 0.15) is 5.82 Å². The van der Waals surface area contributed by atoms with E-state index in [1.807, 2.05) is 6.07 Å². The predicted octanol–water partition coefficient (Wildman–Crippen LogP) is 0.144. The third-order valence-electron chi connectivity index (χ3n) is 2.18. The quantitative estimate of drug-likeness (QED) is 0.637. The molecule has 0 saturated heterocycles. The summed E-state index contributed by atoms with van der Waals surface area (Å²) in [4.78, 5) is 10.6. The van der Waals surface area contributed by atoms with E-state index in [1.54, 1.807) is 19.5 Å². The molecular formula is C11H20N4O. The van der Waals surface area contributed by atoms with Crippen LogP contribution in [0.3, 0.4) is 0 Å². The second kappa shape index (κ2) is 8.15. The Hall–Kier alpha value is -1.04. The SMILES string of the molecule is COCCNCCN(C)Cc1ncccn1. The molecule has 5 heteroatoms. The number of hydrogen-bond acceptors (Lipinski definition) is 5. The van der Waals surface area contributed by atoms with Crippen LogP contribution in [-0.2, 0) is 11.3 Å². The molecule has 0 unspecified atom stereocenters. The van der Waals surface area contributed by atoms with Gasteiger partial charge in [0.15, 0.2) is 0 Å². The molecule has 0 aromatic carbocycles. The summed E-state index contributed by atoms with van der Waals surface area (Å²) < 4.78 is 4.95. The zero-order valence-electron chi connectivity index (χ0n) is 10.0. The van der Waals surface area contributed by atoms with Crippen LogP contribution in [0.25, 0.3) is 0 Å². The molecule has 1 heterocycles. The summed E-state index contributed by atoms with van der Waals surface area (Å²) >= 11 is 0. The molecule has 1 rings (SSSR count). The fourth-order valence-corrected chi connectivity index (χ4v) is 1.30. The molecule has 90 valence electrons. The Balaban J connectivity index is 2.09. The van der Waals surface area contributed by atoms with Gasteiger partial charge in [-0.05, 0) is 13.1 Å². The number of likely N-dealkylation sites (N-methyl/N-ethyl adjacent to an activating group) is 1. The van der Waals surface area contributed by atoms with E-state index in [4.69, 9.17) is 4.74 Å². The lowest BCUT2D eigenvalue weighted by Gasteiger charge is -2.15. The van der Waals surface area contributed by atoms with E-state index in [1.165, 1.54) is 0 Å². The smallest absolute Gasteiger partial charge is 0.142 e. The highest BCUT2D eigenvalue weighted by molar-refractivity contribution is 4.87. The highest BCUT2D eigenvalue weighted by Crippen LogP contribution is 1.93. The first kappa shape index (κ1) is 13.0. The summed E-state index contributed by atoms with van der Waals surface area (Å²) in [5.41, 5.74) is 0. The van der Waals surface area contributed by atoms with E-state index in [9.17, 15) is 0 Å². The molecule has 0 fully saturated rings. The Labute approximate surface area is 96.8 Å². The van der Waals surface area contributed by atoms with Crippen LogP contribution in [0, 0.1) is 0 Å². The highest BCUT2D eigenvalue weighted by atomic mass is 16.5. The van der Waals surface area contributed by atoms with Crippen LogP contribution in [0.4, 0.5) is 0 Å². The van der Waals surface area contributed by atoms with Gasteiger partial charge in [0.25, 0.3) is 0 Å². The average Bonchev–Trinajstić information content (AvgIpc) is 2.30. The van der Waals surface area contributed by atoms with Gasteiger partial charge in [-0.2, -0.15) is 0 Å². The third-order valence-corrected chi connectivity index (χ3v) is 2.18. The molecule has 0 spiro atoms. The highest BCUT2D eigenvalue weighted by Gasteiger charge is 2.00. The molecule has 0 aliphatic carbocycles. The number of rotatable bonds is 8. The number of aromatic nitrogens is 2. The summed E-state index contributed by atoms with van der Waals surface area (Å²) in [5.74, 6) is 0.863. The van der Waals surface area contributed by atoms with Gasteiger partial charge in [-0.25, -0.2) is 9.97 Å². The molecule has 0 amide bonds. The molecule has 0 bridgehead atoms. The zero-order chi connectivity index (χ0) is 11.6. The Morgan fingerprint density at radius 1 is 1.31 bits per heavy atom. The Morgan fingerprint density at radius 2 is 2.06 bits per heavy atom. The zero-order valence-corrected chi connectivity index (χ0v) is 10.0. The number of nitrogens with zero attached hydrogens (tertiary/aromatic N) is 3. The van der Waals surface area contributed by atoms with E-state index in [0.717, 1.165) is 38.6 Å². The number of hydrogen-bond donors (Lipinski definition) is 1. The van der Waals surface area contributed by atoms with Crippen molar-refractivity contribution in [1.82, 2.24) is 20.2 Å². The van der Waals surface area contributed by atoms with Gasteiger partial charge in [0.05, 0.1) is 13.2 Å². The topological polar surface area (TPSA) is 50.3 Å². The van der Waals surface area contributed by atoms with Crippen molar-refractivity contribution in [3.05, 3.63) is 24.3 Å². The molecular weight excluding hydrogens is 204 g/mol. The van der Waals surface area contributed by atoms with Crippen LogP contribution in [0.2, 0.25) is 0 Å². The van der Waals surface area contributed by atoms with Crippen molar-refractivity contribution in [1.29, 1.82) is 0 Å². The van der Waals surface area contributed by atoms with Crippen molar-refractivity contribution in [2.24, 2.45) is 0 Å².